The first-order valence-corrected chi connectivity index (χ1v) is 9.91. The van der Waals surface area contributed by atoms with Crippen molar-refractivity contribution in [1.29, 1.82) is 0 Å². The lowest BCUT2D eigenvalue weighted by Crippen LogP contribution is -2.28. The van der Waals surface area contributed by atoms with Gasteiger partial charge in [0.15, 0.2) is 5.13 Å². The van der Waals surface area contributed by atoms with Gasteiger partial charge in [0, 0.05) is 36.5 Å². The van der Waals surface area contributed by atoms with Gasteiger partial charge in [-0.25, -0.2) is 9.78 Å². The van der Waals surface area contributed by atoms with Gasteiger partial charge in [-0.2, -0.15) is 0 Å². The van der Waals surface area contributed by atoms with Crippen molar-refractivity contribution < 1.29 is 14.7 Å². The number of aromatic nitrogens is 1. The molecule has 3 heterocycles. The first-order chi connectivity index (χ1) is 13.0. The molecule has 0 unspecified atom stereocenters. The van der Waals surface area contributed by atoms with Crippen LogP contribution in [0.5, 0.6) is 0 Å². The van der Waals surface area contributed by atoms with E-state index in [1.54, 1.807) is 12.1 Å². The third-order valence-electron chi connectivity index (χ3n) is 5.17. The standard InChI is InChI=1S/C19H22N4O3S/c1-22-9-7-14-16(11-22)27-18(20-14)21-17(24)13-5-2-4-12(10-13)15-6-3-8-23(15)19(25)26/h2,4-5,10,15H,3,6-9,11H2,1H3,(H,25,26)(H,20,21,24)/t15-/m0/s1. The van der Waals surface area contributed by atoms with Gasteiger partial charge >= 0.3 is 6.09 Å². The fourth-order valence-corrected chi connectivity index (χ4v) is 4.86. The Bertz CT molecular complexity index is 882. The van der Waals surface area contributed by atoms with E-state index in [4.69, 9.17) is 0 Å². The highest BCUT2D eigenvalue weighted by atomic mass is 32.1. The van der Waals surface area contributed by atoms with E-state index < -0.39 is 6.09 Å². The van der Waals surface area contributed by atoms with Crippen LogP contribution in [0.1, 0.15) is 45.4 Å². The number of likely N-dealkylation sites (N-methyl/N-ethyl adjacent to an activating group) is 1. The minimum absolute atomic E-state index is 0.182. The number of carbonyl (C=O) groups is 2. The van der Waals surface area contributed by atoms with E-state index in [1.165, 1.54) is 21.1 Å². The van der Waals surface area contributed by atoms with Crippen LogP contribution in [0, 0.1) is 0 Å². The van der Waals surface area contributed by atoms with Crippen LogP contribution in [0.4, 0.5) is 9.93 Å². The van der Waals surface area contributed by atoms with Crippen molar-refractivity contribution in [3.05, 3.63) is 46.0 Å². The highest BCUT2D eigenvalue weighted by Crippen LogP contribution is 2.32. The zero-order valence-electron chi connectivity index (χ0n) is 15.1. The summed E-state index contributed by atoms with van der Waals surface area (Å²) in [4.78, 5) is 33.5. The number of nitrogens with one attached hydrogen (secondary N) is 1. The molecule has 1 saturated heterocycles. The topological polar surface area (TPSA) is 85.8 Å². The van der Waals surface area contributed by atoms with Gasteiger partial charge in [0.25, 0.3) is 5.91 Å². The summed E-state index contributed by atoms with van der Waals surface area (Å²) in [5.74, 6) is -0.212. The number of nitrogens with zero attached hydrogens (tertiary/aromatic N) is 3. The second kappa shape index (κ2) is 7.28. The van der Waals surface area contributed by atoms with Crippen LogP contribution in [-0.2, 0) is 13.0 Å². The summed E-state index contributed by atoms with van der Waals surface area (Å²) in [6, 6.07) is 7.06. The molecule has 2 N–H and O–H groups in total. The molecule has 7 nitrogen and oxygen atoms in total. The van der Waals surface area contributed by atoms with Gasteiger partial charge in [0.05, 0.1) is 11.7 Å². The summed E-state index contributed by atoms with van der Waals surface area (Å²) in [5, 5.41) is 12.9. The summed E-state index contributed by atoms with van der Waals surface area (Å²) in [6.07, 6.45) is 1.61. The molecule has 0 spiro atoms. The summed E-state index contributed by atoms with van der Waals surface area (Å²) in [6.45, 7) is 2.38. The van der Waals surface area contributed by atoms with Crippen LogP contribution >= 0.6 is 11.3 Å². The molecule has 27 heavy (non-hydrogen) atoms. The largest absolute Gasteiger partial charge is 0.465 e. The molecule has 1 aromatic heterocycles. The zero-order valence-corrected chi connectivity index (χ0v) is 16.0. The van der Waals surface area contributed by atoms with Crippen LogP contribution in [0.2, 0.25) is 0 Å². The van der Waals surface area contributed by atoms with Crippen molar-refractivity contribution in [2.24, 2.45) is 0 Å². The number of thiazole rings is 1. The Hall–Kier alpha value is -2.45. The molecular formula is C19H22N4O3S. The molecule has 1 fully saturated rings. The highest BCUT2D eigenvalue weighted by molar-refractivity contribution is 7.15. The number of rotatable bonds is 3. The van der Waals surface area contributed by atoms with Crippen molar-refractivity contribution in [1.82, 2.24) is 14.8 Å². The van der Waals surface area contributed by atoms with Gasteiger partial charge in [-0.1, -0.05) is 12.1 Å². The van der Waals surface area contributed by atoms with Crippen molar-refractivity contribution in [2.75, 3.05) is 25.5 Å². The third kappa shape index (κ3) is 3.68. The first kappa shape index (κ1) is 17.9. The van der Waals surface area contributed by atoms with Crippen LogP contribution in [-0.4, -0.2) is 52.0 Å². The quantitative estimate of drug-likeness (QED) is 0.846. The molecule has 2 aromatic rings. The smallest absolute Gasteiger partial charge is 0.407 e. The number of benzene rings is 1. The normalized spacial score (nSPS) is 19.7. The Labute approximate surface area is 161 Å². The molecule has 142 valence electrons. The van der Waals surface area contributed by atoms with E-state index in [-0.39, 0.29) is 11.9 Å². The summed E-state index contributed by atoms with van der Waals surface area (Å²) < 4.78 is 0. The van der Waals surface area contributed by atoms with E-state index in [0.717, 1.165) is 43.6 Å². The minimum Gasteiger partial charge on any atom is -0.465 e. The van der Waals surface area contributed by atoms with Gasteiger partial charge in [0.1, 0.15) is 0 Å². The van der Waals surface area contributed by atoms with Gasteiger partial charge in [-0.3, -0.25) is 10.1 Å². The number of anilines is 1. The Morgan fingerprint density at radius 2 is 2.19 bits per heavy atom. The SMILES string of the molecule is CN1CCc2nc(NC(=O)c3cccc([C@@H]4CCCN4C(=O)O)c3)sc2C1. The average molecular weight is 386 g/mol. The molecule has 4 rings (SSSR count). The molecule has 0 radical (unpaired) electrons. The third-order valence-corrected chi connectivity index (χ3v) is 6.17. The fraction of sp³-hybridized carbons (Fsp3) is 0.421. The molecule has 0 aliphatic carbocycles. The number of likely N-dealkylation sites (tertiary alicyclic amines) is 1. The van der Waals surface area contributed by atoms with Gasteiger partial charge in [-0.05, 0) is 37.6 Å². The molecule has 0 saturated carbocycles. The number of hydrogen-bond donors (Lipinski definition) is 2. The lowest BCUT2D eigenvalue weighted by atomic mass is 10.0. The zero-order chi connectivity index (χ0) is 19.0. The Kier molecular flexibility index (Phi) is 4.84. The summed E-state index contributed by atoms with van der Waals surface area (Å²) in [5.41, 5.74) is 2.46. The van der Waals surface area contributed by atoms with E-state index in [2.05, 4.69) is 22.2 Å². The molecule has 0 bridgehead atoms. The first-order valence-electron chi connectivity index (χ1n) is 9.09. The van der Waals surface area contributed by atoms with Crippen LogP contribution in [0.25, 0.3) is 0 Å². The number of carboxylic acid groups (broad SMARTS) is 1. The molecule has 8 heteroatoms. The number of carbonyl (C=O) groups excluding carboxylic acids is 1. The number of hydrogen-bond acceptors (Lipinski definition) is 5. The Balaban J connectivity index is 1.50. The van der Waals surface area contributed by atoms with Crippen LogP contribution in [0.15, 0.2) is 24.3 Å². The van der Waals surface area contributed by atoms with Crippen LogP contribution < -0.4 is 5.32 Å². The predicted molar refractivity (Wildman–Crippen MR) is 103 cm³/mol. The van der Waals surface area contributed by atoms with Crippen molar-refractivity contribution in [3.8, 4) is 0 Å². The maximum Gasteiger partial charge on any atom is 0.407 e. The fourth-order valence-electron chi connectivity index (χ4n) is 3.78. The Morgan fingerprint density at radius 3 is 3.00 bits per heavy atom. The maximum absolute atomic E-state index is 12.7. The molecule has 1 aromatic carbocycles. The predicted octanol–water partition coefficient (Wildman–Crippen LogP) is 3.20. The molecule has 2 amide bonds. The second-order valence-corrected chi connectivity index (χ2v) is 8.17. The molecular weight excluding hydrogens is 364 g/mol. The summed E-state index contributed by atoms with van der Waals surface area (Å²) >= 11 is 1.53. The van der Waals surface area contributed by atoms with E-state index in [0.29, 0.717) is 17.2 Å². The van der Waals surface area contributed by atoms with Gasteiger partial charge in [0.2, 0.25) is 0 Å². The van der Waals surface area contributed by atoms with Crippen molar-refractivity contribution in [3.63, 3.8) is 0 Å². The second-order valence-electron chi connectivity index (χ2n) is 7.09. The van der Waals surface area contributed by atoms with Crippen LogP contribution in [0.3, 0.4) is 0 Å². The monoisotopic (exact) mass is 386 g/mol. The van der Waals surface area contributed by atoms with Gasteiger partial charge in [-0.15, -0.1) is 11.3 Å². The molecule has 2 aliphatic heterocycles. The maximum atomic E-state index is 12.7. The highest BCUT2D eigenvalue weighted by Gasteiger charge is 2.30. The lowest BCUT2D eigenvalue weighted by Gasteiger charge is -2.22. The number of amides is 2. The minimum atomic E-state index is -0.911. The molecule has 2 aliphatic rings. The van der Waals surface area contributed by atoms with Gasteiger partial charge < -0.3 is 14.9 Å². The average Bonchev–Trinajstić information content (AvgIpc) is 3.28. The van der Waals surface area contributed by atoms with Crippen molar-refractivity contribution in [2.45, 2.75) is 31.8 Å². The molecule has 1 atom stereocenters. The van der Waals surface area contributed by atoms with Crippen molar-refractivity contribution >= 4 is 28.5 Å². The lowest BCUT2D eigenvalue weighted by molar-refractivity contribution is 0.102. The van der Waals surface area contributed by atoms with E-state index in [9.17, 15) is 14.7 Å². The summed E-state index contributed by atoms with van der Waals surface area (Å²) in [7, 11) is 2.08. The Morgan fingerprint density at radius 1 is 1.33 bits per heavy atom. The van der Waals surface area contributed by atoms with E-state index in [1.807, 2.05) is 12.1 Å². The van der Waals surface area contributed by atoms with E-state index >= 15 is 0 Å². The number of fused-ring (bicyclic) bond motifs is 1.